The molecule has 1 atom stereocenters. The zero-order valence-corrected chi connectivity index (χ0v) is 17.1. The Morgan fingerprint density at radius 1 is 0.966 bits per heavy atom. The summed E-state index contributed by atoms with van der Waals surface area (Å²) in [4.78, 5) is 13.9. The van der Waals surface area contributed by atoms with E-state index in [1.165, 1.54) is 10.5 Å². The molecule has 1 aliphatic heterocycles. The van der Waals surface area contributed by atoms with Crippen LogP contribution in [0.1, 0.15) is 34.5 Å². The van der Waals surface area contributed by atoms with E-state index in [1.54, 1.807) is 11.8 Å². The van der Waals surface area contributed by atoms with Crippen molar-refractivity contribution < 1.29 is 14.3 Å². The summed E-state index contributed by atoms with van der Waals surface area (Å²) in [5, 5.41) is 3.06. The first kappa shape index (κ1) is 19.4. The van der Waals surface area contributed by atoms with E-state index in [1.807, 2.05) is 67.6 Å². The van der Waals surface area contributed by atoms with Crippen molar-refractivity contribution in [2.45, 2.75) is 23.6 Å². The summed E-state index contributed by atoms with van der Waals surface area (Å²) in [6, 6.07) is 23.8. The van der Waals surface area contributed by atoms with Crippen LogP contribution >= 0.6 is 11.8 Å². The van der Waals surface area contributed by atoms with Crippen molar-refractivity contribution in [3.05, 3.63) is 89.5 Å². The van der Waals surface area contributed by atoms with Crippen LogP contribution in [0.5, 0.6) is 11.5 Å². The van der Waals surface area contributed by atoms with Crippen molar-refractivity contribution in [2.24, 2.45) is 0 Å². The quantitative estimate of drug-likeness (QED) is 0.570. The average molecular weight is 406 g/mol. The molecule has 4 rings (SSSR count). The molecular formula is C24H23NO3S. The number of benzene rings is 3. The number of carbonyl (C=O) groups excluding carboxylic acids is 1. The number of carbonyl (C=O) groups is 1. The zero-order chi connectivity index (χ0) is 20.1. The molecule has 0 aliphatic carbocycles. The van der Waals surface area contributed by atoms with Crippen LogP contribution in [0.15, 0.2) is 77.7 Å². The molecule has 0 spiro atoms. The smallest absolute Gasteiger partial charge is 0.251 e. The van der Waals surface area contributed by atoms with Gasteiger partial charge >= 0.3 is 0 Å². The molecule has 5 heteroatoms. The summed E-state index contributed by atoms with van der Waals surface area (Å²) >= 11 is 1.78. The number of thioether (sulfide) groups is 1. The number of hydrogen-bond acceptors (Lipinski definition) is 4. The van der Waals surface area contributed by atoms with Crippen LogP contribution in [0.4, 0.5) is 0 Å². The summed E-state index contributed by atoms with van der Waals surface area (Å²) < 4.78 is 11.2. The Bertz CT molecular complexity index is 973. The lowest BCUT2D eigenvalue weighted by Crippen LogP contribution is -2.26. The van der Waals surface area contributed by atoms with Gasteiger partial charge in [-0.3, -0.25) is 4.79 Å². The fourth-order valence-corrected chi connectivity index (χ4v) is 4.00. The SMILES string of the molecule is CC(NC(=O)c1ccc(CSc2ccccc2)cc1)c1ccc2c(c1)OCCO2. The van der Waals surface area contributed by atoms with Crippen LogP contribution in [-0.4, -0.2) is 19.1 Å². The van der Waals surface area contributed by atoms with E-state index in [0.717, 1.165) is 22.8 Å². The summed E-state index contributed by atoms with van der Waals surface area (Å²) in [7, 11) is 0. The van der Waals surface area contributed by atoms with Gasteiger partial charge in [0.15, 0.2) is 11.5 Å². The number of fused-ring (bicyclic) bond motifs is 1. The lowest BCUT2D eigenvalue weighted by atomic mass is 10.1. The maximum Gasteiger partial charge on any atom is 0.251 e. The van der Waals surface area contributed by atoms with E-state index in [4.69, 9.17) is 9.47 Å². The molecule has 29 heavy (non-hydrogen) atoms. The Labute approximate surface area is 175 Å². The Hall–Kier alpha value is -2.92. The van der Waals surface area contributed by atoms with Gasteiger partial charge in [-0.25, -0.2) is 0 Å². The van der Waals surface area contributed by atoms with Gasteiger partial charge in [0.2, 0.25) is 0 Å². The van der Waals surface area contributed by atoms with E-state index >= 15 is 0 Å². The molecule has 0 bridgehead atoms. The molecule has 3 aromatic rings. The molecule has 1 aliphatic rings. The molecule has 4 nitrogen and oxygen atoms in total. The van der Waals surface area contributed by atoms with Gasteiger partial charge in [-0.05, 0) is 54.4 Å². The summed E-state index contributed by atoms with van der Waals surface area (Å²) in [6.45, 7) is 3.08. The molecule has 0 radical (unpaired) electrons. The topological polar surface area (TPSA) is 47.6 Å². The summed E-state index contributed by atoms with van der Waals surface area (Å²) in [5.41, 5.74) is 2.83. The van der Waals surface area contributed by atoms with Crippen LogP contribution in [0.25, 0.3) is 0 Å². The van der Waals surface area contributed by atoms with Gasteiger partial charge in [-0.2, -0.15) is 0 Å². The second kappa shape index (κ2) is 9.05. The summed E-state index contributed by atoms with van der Waals surface area (Å²) in [6.07, 6.45) is 0. The van der Waals surface area contributed by atoms with Crippen LogP contribution in [0.2, 0.25) is 0 Å². The van der Waals surface area contributed by atoms with Gasteiger partial charge in [-0.15, -0.1) is 11.8 Å². The number of rotatable bonds is 6. The zero-order valence-electron chi connectivity index (χ0n) is 16.3. The van der Waals surface area contributed by atoms with Crippen molar-refractivity contribution in [3.8, 4) is 11.5 Å². The first-order valence-electron chi connectivity index (χ1n) is 9.66. The highest BCUT2D eigenvalue weighted by Crippen LogP contribution is 2.32. The van der Waals surface area contributed by atoms with Gasteiger partial charge in [0.05, 0.1) is 6.04 Å². The summed E-state index contributed by atoms with van der Waals surface area (Å²) in [5.74, 6) is 2.27. The first-order chi connectivity index (χ1) is 14.2. The standard InChI is InChI=1S/C24H23NO3S/c1-17(20-11-12-22-23(15-20)28-14-13-27-22)25-24(26)19-9-7-18(8-10-19)16-29-21-5-3-2-4-6-21/h2-12,15,17H,13-14,16H2,1H3,(H,25,26). The molecule has 1 N–H and O–H groups in total. The second-order valence-corrected chi connectivity index (χ2v) is 7.95. The van der Waals surface area contributed by atoms with Crippen molar-refractivity contribution in [2.75, 3.05) is 13.2 Å². The highest BCUT2D eigenvalue weighted by molar-refractivity contribution is 7.98. The maximum atomic E-state index is 12.6. The fraction of sp³-hybridized carbons (Fsp3) is 0.208. The number of ether oxygens (including phenoxy) is 2. The molecule has 148 valence electrons. The molecule has 1 heterocycles. The normalized spacial score (nSPS) is 13.6. The fourth-order valence-electron chi connectivity index (χ4n) is 3.13. The van der Waals surface area contributed by atoms with Gasteiger partial charge in [0.1, 0.15) is 13.2 Å². The Balaban J connectivity index is 1.35. The first-order valence-corrected chi connectivity index (χ1v) is 10.6. The number of nitrogens with one attached hydrogen (secondary N) is 1. The van der Waals surface area contributed by atoms with E-state index in [0.29, 0.717) is 18.8 Å². The number of hydrogen-bond donors (Lipinski definition) is 1. The minimum atomic E-state index is -0.133. The monoisotopic (exact) mass is 405 g/mol. The van der Waals surface area contributed by atoms with E-state index in [-0.39, 0.29) is 11.9 Å². The lowest BCUT2D eigenvalue weighted by molar-refractivity contribution is 0.0939. The van der Waals surface area contributed by atoms with Crippen LogP contribution in [-0.2, 0) is 5.75 Å². The van der Waals surface area contributed by atoms with E-state index in [9.17, 15) is 4.79 Å². The van der Waals surface area contributed by atoms with E-state index in [2.05, 4.69) is 17.4 Å². The van der Waals surface area contributed by atoms with Crippen LogP contribution in [0, 0.1) is 0 Å². The third-order valence-corrected chi connectivity index (χ3v) is 5.86. The molecular weight excluding hydrogens is 382 g/mol. The van der Waals surface area contributed by atoms with Gasteiger partial charge in [0, 0.05) is 16.2 Å². The minimum absolute atomic E-state index is 0.0883. The highest BCUT2D eigenvalue weighted by Gasteiger charge is 2.16. The van der Waals surface area contributed by atoms with Gasteiger partial charge < -0.3 is 14.8 Å². The van der Waals surface area contributed by atoms with E-state index < -0.39 is 0 Å². The second-order valence-electron chi connectivity index (χ2n) is 6.90. The van der Waals surface area contributed by atoms with Crippen LogP contribution < -0.4 is 14.8 Å². The largest absolute Gasteiger partial charge is 0.486 e. The molecule has 0 saturated carbocycles. The van der Waals surface area contributed by atoms with Crippen molar-refractivity contribution >= 4 is 17.7 Å². The van der Waals surface area contributed by atoms with Gasteiger partial charge in [0.25, 0.3) is 5.91 Å². The predicted octanol–water partition coefficient (Wildman–Crippen LogP) is 5.24. The highest BCUT2D eigenvalue weighted by atomic mass is 32.2. The molecule has 1 amide bonds. The lowest BCUT2D eigenvalue weighted by Gasteiger charge is -2.21. The molecule has 0 fully saturated rings. The van der Waals surface area contributed by atoms with Crippen molar-refractivity contribution in [3.63, 3.8) is 0 Å². The molecule has 3 aromatic carbocycles. The third-order valence-electron chi connectivity index (χ3n) is 4.78. The average Bonchev–Trinajstić information content (AvgIpc) is 2.78. The third kappa shape index (κ3) is 4.93. The van der Waals surface area contributed by atoms with Crippen molar-refractivity contribution in [1.29, 1.82) is 0 Å². The van der Waals surface area contributed by atoms with Gasteiger partial charge in [-0.1, -0.05) is 36.4 Å². The number of amides is 1. The minimum Gasteiger partial charge on any atom is -0.486 e. The molecule has 1 unspecified atom stereocenters. The Kier molecular flexibility index (Phi) is 6.06. The molecule has 0 saturated heterocycles. The van der Waals surface area contributed by atoms with Crippen LogP contribution in [0.3, 0.4) is 0 Å². The Morgan fingerprint density at radius 3 is 2.45 bits per heavy atom. The van der Waals surface area contributed by atoms with Crippen molar-refractivity contribution in [1.82, 2.24) is 5.32 Å². The Morgan fingerprint density at radius 2 is 1.69 bits per heavy atom. The maximum absolute atomic E-state index is 12.6. The predicted molar refractivity (Wildman–Crippen MR) is 116 cm³/mol. The molecule has 0 aromatic heterocycles.